The molecule has 0 unspecified atom stereocenters. The molecule has 6 heteroatoms. The number of hydrogen-bond acceptors (Lipinski definition) is 5. The van der Waals surface area contributed by atoms with Crippen molar-refractivity contribution in [2.45, 2.75) is 39.2 Å². The lowest BCUT2D eigenvalue weighted by Gasteiger charge is -2.24. The van der Waals surface area contributed by atoms with Crippen molar-refractivity contribution < 1.29 is 9.53 Å². The number of nitrogens with one attached hydrogen (secondary N) is 2. The number of likely N-dealkylation sites (N-methyl/N-ethyl adjacent to an activating group) is 1. The molecule has 1 atom stereocenters. The number of carbonyl (C=O) groups is 1. The van der Waals surface area contributed by atoms with Crippen molar-refractivity contribution in [3.63, 3.8) is 0 Å². The van der Waals surface area contributed by atoms with Gasteiger partial charge in [0.05, 0.1) is 24.0 Å². The molecule has 1 aromatic carbocycles. The Hall–Kier alpha value is -1.95. The molecule has 1 aliphatic heterocycles. The quantitative estimate of drug-likeness (QED) is 0.696. The molecule has 6 nitrogen and oxygen atoms in total. The Balaban J connectivity index is 2.14. The number of anilines is 2. The number of rotatable bonds is 6. The number of nitrogen functional groups attached to an aromatic ring is 1. The molecule has 1 fully saturated rings. The van der Waals surface area contributed by atoms with Crippen LogP contribution in [-0.2, 0) is 0 Å². The van der Waals surface area contributed by atoms with E-state index in [2.05, 4.69) is 22.5 Å². The zero-order valence-corrected chi connectivity index (χ0v) is 15.0. The zero-order valence-electron chi connectivity index (χ0n) is 15.0. The van der Waals surface area contributed by atoms with E-state index in [0.717, 1.165) is 44.7 Å². The predicted molar refractivity (Wildman–Crippen MR) is 98.8 cm³/mol. The first-order valence-corrected chi connectivity index (χ1v) is 8.83. The van der Waals surface area contributed by atoms with Crippen molar-refractivity contribution >= 4 is 17.3 Å². The zero-order chi connectivity index (χ0) is 17.5. The molecule has 4 N–H and O–H groups in total. The standard InChI is InChI=1S/C18H30N4O2/c1-4-20-16-11-17(24-3)14(10-15(16)19)18(23)21-13-8-6-7-9-22(5-2)12-13/h10-11,13,20H,4-9,12,19H2,1-3H3,(H,21,23)/t13-/m1/s1. The topological polar surface area (TPSA) is 79.6 Å². The van der Waals surface area contributed by atoms with Gasteiger partial charge in [-0.25, -0.2) is 0 Å². The molecule has 0 aliphatic carbocycles. The molecule has 1 heterocycles. The summed E-state index contributed by atoms with van der Waals surface area (Å²) in [4.78, 5) is 15.1. The first-order valence-electron chi connectivity index (χ1n) is 8.83. The van der Waals surface area contributed by atoms with E-state index >= 15 is 0 Å². The van der Waals surface area contributed by atoms with Crippen LogP contribution in [0.15, 0.2) is 12.1 Å². The monoisotopic (exact) mass is 334 g/mol. The fraction of sp³-hybridized carbons (Fsp3) is 0.611. The molecule has 1 aromatic rings. The van der Waals surface area contributed by atoms with E-state index < -0.39 is 0 Å². The van der Waals surface area contributed by atoms with Gasteiger partial charge in [-0.3, -0.25) is 4.79 Å². The van der Waals surface area contributed by atoms with Gasteiger partial charge >= 0.3 is 0 Å². The van der Waals surface area contributed by atoms with Crippen LogP contribution in [0, 0.1) is 0 Å². The molecule has 1 saturated heterocycles. The maximum absolute atomic E-state index is 12.7. The minimum Gasteiger partial charge on any atom is -0.496 e. The van der Waals surface area contributed by atoms with Crippen molar-refractivity contribution in [2.75, 3.05) is 44.3 Å². The lowest BCUT2D eigenvalue weighted by Crippen LogP contribution is -2.42. The second kappa shape index (κ2) is 8.78. The summed E-state index contributed by atoms with van der Waals surface area (Å²) in [6, 6.07) is 3.65. The summed E-state index contributed by atoms with van der Waals surface area (Å²) in [5.41, 5.74) is 7.90. The lowest BCUT2D eigenvalue weighted by atomic mass is 10.1. The van der Waals surface area contributed by atoms with E-state index in [1.54, 1.807) is 19.2 Å². The van der Waals surface area contributed by atoms with E-state index in [1.807, 2.05) is 6.92 Å². The SMILES string of the molecule is CCNc1cc(OC)c(C(=O)N[C@@H]2CCCCN(CC)C2)cc1N. The summed E-state index contributed by atoms with van der Waals surface area (Å²) in [6.45, 7) is 7.94. The minimum atomic E-state index is -0.121. The number of amides is 1. The van der Waals surface area contributed by atoms with Gasteiger partial charge in [-0.15, -0.1) is 0 Å². The molecule has 1 amide bonds. The van der Waals surface area contributed by atoms with Crippen LogP contribution in [0.1, 0.15) is 43.5 Å². The van der Waals surface area contributed by atoms with Crippen LogP contribution < -0.4 is 21.1 Å². The van der Waals surface area contributed by atoms with Crippen molar-refractivity contribution in [3.8, 4) is 5.75 Å². The number of benzene rings is 1. The second-order valence-corrected chi connectivity index (χ2v) is 6.23. The number of ether oxygens (including phenoxy) is 1. The summed E-state index contributed by atoms with van der Waals surface area (Å²) in [6.07, 6.45) is 3.34. The number of nitrogens with two attached hydrogens (primary N) is 1. The first-order chi connectivity index (χ1) is 11.6. The number of hydrogen-bond donors (Lipinski definition) is 3. The van der Waals surface area contributed by atoms with Gasteiger partial charge in [0.1, 0.15) is 5.75 Å². The molecule has 1 aliphatic rings. The average Bonchev–Trinajstić information content (AvgIpc) is 2.81. The molecule has 0 saturated carbocycles. The van der Waals surface area contributed by atoms with Gasteiger partial charge in [0.2, 0.25) is 0 Å². The third kappa shape index (κ3) is 4.54. The maximum Gasteiger partial charge on any atom is 0.255 e. The summed E-state index contributed by atoms with van der Waals surface area (Å²) in [7, 11) is 1.57. The van der Waals surface area contributed by atoms with Gasteiger partial charge in [0.15, 0.2) is 0 Å². The van der Waals surface area contributed by atoms with Gasteiger partial charge in [-0.1, -0.05) is 13.3 Å². The van der Waals surface area contributed by atoms with Crippen molar-refractivity contribution in [1.82, 2.24) is 10.2 Å². The Bertz CT molecular complexity index is 562. The number of carbonyl (C=O) groups excluding carboxylic acids is 1. The van der Waals surface area contributed by atoms with Crippen LogP contribution in [0.3, 0.4) is 0 Å². The highest BCUT2D eigenvalue weighted by molar-refractivity contribution is 5.99. The maximum atomic E-state index is 12.7. The van der Waals surface area contributed by atoms with Crippen LogP contribution in [0.5, 0.6) is 5.75 Å². The van der Waals surface area contributed by atoms with Crippen LogP contribution in [0.25, 0.3) is 0 Å². The second-order valence-electron chi connectivity index (χ2n) is 6.23. The molecule has 0 spiro atoms. The molecule has 2 rings (SSSR count). The highest BCUT2D eigenvalue weighted by Gasteiger charge is 2.22. The third-order valence-electron chi connectivity index (χ3n) is 4.52. The summed E-state index contributed by atoms with van der Waals surface area (Å²) in [5.74, 6) is 0.420. The predicted octanol–water partition coefficient (Wildman–Crippen LogP) is 2.31. The highest BCUT2D eigenvalue weighted by atomic mass is 16.5. The van der Waals surface area contributed by atoms with Crippen LogP contribution in [-0.4, -0.2) is 50.1 Å². The van der Waals surface area contributed by atoms with Gasteiger partial charge in [0.25, 0.3) is 5.91 Å². The lowest BCUT2D eigenvalue weighted by molar-refractivity contribution is 0.0924. The molecule has 0 radical (unpaired) electrons. The van der Waals surface area contributed by atoms with Crippen LogP contribution in [0.4, 0.5) is 11.4 Å². The van der Waals surface area contributed by atoms with Crippen molar-refractivity contribution in [3.05, 3.63) is 17.7 Å². The van der Waals surface area contributed by atoms with Gasteiger partial charge < -0.3 is 26.0 Å². The van der Waals surface area contributed by atoms with Crippen LogP contribution in [0.2, 0.25) is 0 Å². The fourth-order valence-corrected chi connectivity index (χ4v) is 3.17. The highest BCUT2D eigenvalue weighted by Crippen LogP contribution is 2.29. The minimum absolute atomic E-state index is 0.121. The normalized spacial score (nSPS) is 18.7. The average molecular weight is 334 g/mol. The van der Waals surface area contributed by atoms with Gasteiger partial charge in [-0.05, 0) is 38.9 Å². The Morgan fingerprint density at radius 2 is 2.17 bits per heavy atom. The number of likely N-dealkylation sites (tertiary alicyclic amines) is 1. The van der Waals surface area contributed by atoms with E-state index in [-0.39, 0.29) is 11.9 Å². The van der Waals surface area contributed by atoms with E-state index in [4.69, 9.17) is 10.5 Å². The summed E-state index contributed by atoms with van der Waals surface area (Å²) in [5, 5.41) is 6.33. The summed E-state index contributed by atoms with van der Waals surface area (Å²) >= 11 is 0. The van der Waals surface area contributed by atoms with E-state index in [9.17, 15) is 4.79 Å². The smallest absolute Gasteiger partial charge is 0.255 e. The van der Waals surface area contributed by atoms with E-state index in [1.165, 1.54) is 6.42 Å². The van der Waals surface area contributed by atoms with Gasteiger partial charge in [0, 0.05) is 25.2 Å². The van der Waals surface area contributed by atoms with Crippen molar-refractivity contribution in [2.24, 2.45) is 0 Å². The van der Waals surface area contributed by atoms with E-state index in [0.29, 0.717) is 17.0 Å². The van der Waals surface area contributed by atoms with Crippen LogP contribution >= 0.6 is 0 Å². The Kier molecular flexibility index (Phi) is 6.73. The fourth-order valence-electron chi connectivity index (χ4n) is 3.17. The largest absolute Gasteiger partial charge is 0.496 e. The molecular formula is C18H30N4O2. The molecule has 134 valence electrons. The Morgan fingerprint density at radius 1 is 1.38 bits per heavy atom. The number of nitrogens with zero attached hydrogens (tertiary/aromatic N) is 1. The third-order valence-corrected chi connectivity index (χ3v) is 4.52. The summed E-state index contributed by atoms with van der Waals surface area (Å²) < 4.78 is 5.40. The first kappa shape index (κ1) is 18.4. The number of methoxy groups -OCH3 is 1. The van der Waals surface area contributed by atoms with Gasteiger partial charge in [-0.2, -0.15) is 0 Å². The van der Waals surface area contributed by atoms with Crippen molar-refractivity contribution in [1.29, 1.82) is 0 Å². The Labute approximate surface area is 144 Å². The molecule has 0 bridgehead atoms. The molecular weight excluding hydrogens is 304 g/mol. The molecule has 24 heavy (non-hydrogen) atoms. The molecule has 0 aromatic heterocycles. The Morgan fingerprint density at radius 3 is 2.83 bits per heavy atom.